The van der Waals surface area contributed by atoms with Crippen molar-refractivity contribution in [3.05, 3.63) is 42.5 Å². The lowest BCUT2D eigenvalue weighted by molar-refractivity contribution is -0.135. The zero-order valence-corrected chi connectivity index (χ0v) is 15.3. The predicted molar refractivity (Wildman–Crippen MR) is 101 cm³/mol. The molecule has 1 unspecified atom stereocenters. The molecule has 0 aromatic heterocycles. The van der Waals surface area contributed by atoms with Crippen LogP contribution in [0.15, 0.2) is 52.7 Å². The van der Waals surface area contributed by atoms with Gasteiger partial charge in [-0.1, -0.05) is 35.5 Å². The predicted octanol–water partition coefficient (Wildman–Crippen LogP) is 2.49. The van der Waals surface area contributed by atoms with E-state index in [-0.39, 0.29) is 18.0 Å². The van der Waals surface area contributed by atoms with Crippen LogP contribution in [0.3, 0.4) is 0 Å². The number of carbonyl (C=O) groups is 2. The van der Waals surface area contributed by atoms with Crippen LogP contribution in [0.5, 0.6) is 5.75 Å². The van der Waals surface area contributed by atoms with E-state index in [2.05, 4.69) is 15.7 Å². The number of esters is 1. The van der Waals surface area contributed by atoms with Crippen LogP contribution in [0.4, 0.5) is 0 Å². The molecular formula is C19H21N3O5. The first-order valence-electron chi connectivity index (χ1n) is 8.35. The molecule has 1 amide bonds. The Morgan fingerprint density at radius 3 is 2.56 bits per heavy atom. The number of nitrogens with one attached hydrogen (secondary N) is 1. The molecule has 0 spiro atoms. The number of hydrazone groups is 1. The van der Waals surface area contributed by atoms with Gasteiger partial charge >= 0.3 is 5.97 Å². The van der Waals surface area contributed by atoms with Gasteiger partial charge < -0.3 is 14.7 Å². The molecule has 0 aliphatic rings. The minimum atomic E-state index is -0.837. The first-order valence-corrected chi connectivity index (χ1v) is 8.35. The van der Waals surface area contributed by atoms with Crippen molar-refractivity contribution in [2.45, 2.75) is 26.9 Å². The fraction of sp³-hybridized carbons (Fsp3) is 0.263. The Morgan fingerprint density at radius 2 is 1.89 bits per heavy atom. The molecule has 0 bridgehead atoms. The fourth-order valence-corrected chi connectivity index (χ4v) is 2.24. The molecule has 0 saturated carbocycles. The van der Waals surface area contributed by atoms with Gasteiger partial charge in [0.05, 0.1) is 12.3 Å². The highest BCUT2D eigenvalue weighted by Crippen LogP contribution is 2.21. The number of oxime groups is 1. The number of carbonyl (C=O) groups excluding carboxylic acids is 2. The summed E-state index contributed by atoms with van der Waals surface area (Å²) in [5.74, 6) is -0.819. The van der Waals surface area contributed by atoms with Crippen molar-refractivity contribution in [2.75, 3.05) is 6.61 Å². The van der Waals surface area contributed by atoms with E-state index in [4.69, 9.17) is 14.7 Å². The van der Waals surface area contributed by atoms with Crippen LogP contribution in [0.2, 0.25) is 0 Å². The zero-order valence-electron chi connectivity index (χ0n) is 15.3. The lowest BCUT2D eigenvalue weighted by Gasteiger charge is -2.14. The van der Waals surface area contributed by atoms with Crippen molar-refractivity contribution in [1.82, 2.24) is 5.43 Å². The average molecular weight is 371 g/mol. The summed E-state index contributed by atoms with van der Waals surface area (Å²) in [6.07, 6.45) is -0.833. The number of ether oxygens (including phenoxy) is 2. The summed E-state index contributed by atoms with van der Waals surface area (Å²) in [5, 5.41) is 17.6. The summed E-state index contributed by atoms with van der Waals surface area (Å²) >= 11 is 0. The van der Waals surface area contributed by atoms with Crippen LogP contribution in [-0.2, 0) is 14.3 Å². The lowest BCUT2D eigenvalue weighted by atomic mass is 10.1. The van der Waals surface area contributed by atoms with Crippen LogP contribution in [0.25, 0.3) is 10.8 Å². The summed E-state index contributed by atoms with van der Waals surface area (Å²) in [4.78, 5) is 23.8. The Bertz CT molecular complexity index is 892. The number of fused-ring (bicyclic) bond motifs is 1. The maximum absolute atomic E-state index is 12.2. The van der Waals surface area contributed by atoms with Crippen molar-refractivity contribution >= 4 is 34.1 Å². The Balaban J connectivity index is 2.00. The van der Waals surface area contributed by atoms with Gasteiger partial charge in [0.25, 0.3) is 5.91 Å². The number of amides is 1. The molecule has 2 aromatic rings. The summed E-state index contributed by atoms with van der Waals surface area (Å²) in [5.41, 5.74) is 1.89. The number of hydrogen-bond donors (Lipinski definition) is 2. The van der Waals surface area contributed by atoms with E-state index in [1.54, 1.807) is 19.9 Å². The largest absolute Gasteiger partial charge is 0.481 e. The molecular weight excluding hydrogens is 350 g/mol. The smallest absolute Gasteiger partial charge is 0.362 e. The third-order valence-corrected chi connectivity index (χ3v) is 3.65. The molecule has 2 rings (SSSR count). The van der Waals surface area contributed by atoms with E-state index in [1.165, 1.54) is 6.92 Å². The van der Waals surface area contributed by atoms with Crippen LogP contribution >= 0.6 is 0 Å². The van der Waals surface area contributed by atoms with E-state index >= 15 is 0 Å². The highest BCUT2D eigenvalue weighted by molar-refractivity contribution is 6.65. The molecule has 0 aliphatic heterocycles. The third kappa shape index (κ3) is 5.27. The average Bonchev–Trinajstić information content (AvgIpc) is 2.66. The molecule has 0 heterocycles. The van der Waals surface area contributed by atoms with Crippen LogP contribution in [0.1, 0.15) is 20.8 Å². The number of rotatable bonds is 7. The van der Waals surface area contributed by atoms with Crippen molar-refractivity contribution in [3.8, 4) is 5.75 Å². The van der Waals surface area contributed by atoms with Gasteiger partial charge in [-0.05, 0) is 43.7 Å². The molecule has 27 heavy (non-hydrogen) atoms. The summed E-state index contributed by atoms with van der Waals surface area (Å²) in [6.45, 7) is 4.71. The van der Waals surface area contributed by atoms with Gasteiger partial charge in [-0.15, -0.1) is 0 Å². The second-order valence-electron chi connectivity index (χ2n) is 5.61. The fourth-order valence-electron chi connectivity index (χ4n) is 2.24. The quantitative estimate of drug-likeness (QED) is 0.336. The van der Waals surface area contributed by atoms with E-state index in [1.807, 2.05) is 36.4 Å². The Labute approximate surface area is 156 Å². The summed E-state index contributed by atoms with van der Waals surface area (Å²) < 4.78 is 10.4. The Hall–Kier alpha value is -3.42. The monoisotopic (exact) mass is 371 g/mol. The van der Waals surface area contributed by atoms with Gasteiger partial charge in [-0.25, -0.2) is 10.2 Å². The van der Waals surface area contributed by atoms with Crippen molar-refractivity contribution in [3.63, 3.8) is 0 Å². The normalized spacial score (nSPS) is 13.1. The van der Waals surface area contributed by atoms with E-state index in [0.717, 1.165) is 10.8 Å². The van der Waals surface area contributed by atoms with Gasteiger partial charge in [-0.2, -0.15) is 5.10 Å². The minimum Gasteiger partial charge on any atom is -0.481 e. The Morgan fingerprint density at radius 1 is 1.19 bits per heavy atom. The van der Waals surface area contributed by atoms with E-state index < -0.39 is 18.0 Å². The second-order valence-corrected chi connectivity index (χ2v) is 5.61. The van der Waals surface area contributed by atoms with E-state index in [9.17, 15) is 9.59 Å². The maximum Gasteiger partial charge on any atom is 0.362 e. The molecule has 0 aliphatic carbocycles. The SMILES string of the molecule is CCOC(=O)C(=N\O)/C(C)=N/NC(=O)C(C)Oc1ccc2ccccc2c1. The molecule has 0 radical (unpaired) electrons. The standard InChI is InChI=1S/C19H21N3O5/c1-4-26-19(24)17(22-25)12(2)20-21-18(23)13(3)27-16-10-9-14-7-5-6-8-15(14)11-16/h5-11,13,25H,4H2,1-3H3,(H,21,23)/b20-12+,22-17-. The second kappa shape index (κ2) is 9.33. The molecule has 8 nitrogen and oxygen atoms in total. The lowest BCUT2D eigenvalue weighted by Crippen LogP contribution is -2.35. The van der Waals surface area contributed by atoms with Crippen LogP contribution < -0.4 is 10.2 Å². The molecule has 8 heteroatoms. The first kappa shape index (κ1) is 19.9. The van der Waals surface area contributed by atoms with Crippen LogP contribution in [-0.4, -0.2) is 41.2 Å². The molecule has 2 N–H and O–H groups in total. The third-order valence-electron chi connectivity index (χ3n) is 3.65. The number of hydrogen-bond acceptors (Lipinski definition) is 7. The van der Waals surface area contributed by atoms with Gasteiger partial charge in [0.1, 0.15) is 5.75 Å². The van der Waals surface area contributed by atoms with Gasteiger partial charge in [0.2, 0.25) is 5.71 Å². The van der Waals surface area contributed by atoms with E-state index in [0.29, 0.717) is 5.75 Å². The number of benzene rings is 2. The molecule has 2 aromatic carbocycles. The molecule has 0 saturated heterocycles. The van der Waals surface area contributed by atoms with Crippen molar-refractivity contribution in [2.24, 2.45) is 10.3 Å². The Kier molecular flexibility index (Phi) is 6.87. The maximum atomic E-state index is 12.2. The highest BCUT2D eigenvalue weighted by Gasteiger charge is 2.19. The molecule has 142 valence electrons. The molecule has 1 atom stereocenters. The van der Waals surface area contributed by atoms with Crippen LogP contribution in [0, 0.1) is 0 Å². The zero-order chi connectivity index (χ0) is 19.8. The van der Waals surface area contributed by atoms with Gasteiger partial charge in [-0.3, -0.25) is 4.79 Å². The van der Waals surface area contributed by atoms with Crippen molar-refractivity contribution in [1.29, 1.82) is 0 Å². The minimum absolute atomic E-state index is 0.00204. The highest BCUT2D eigenvalue weighted by atomic mass is 16.5. The van der Waals surface area contributed by atoms with Crippen molar-refractivity contribution < 1.29 is 24.3 Å². The van der Waals surface area contributed by atoms with Gasteiger partial charge in [0.15, 0.2) is 6.10 Å². The summed E-state index contributed by atoms with van der Waals surface area (Å²) in [6, 6.07) is 13.3. The van der Waals surface area contributed by atoms with Gasteiger partial charge in [0, 0.05) is 0 Å². The first-order chi connectivity index (χ1) is 13.0. The molecule has 0 fully saturated rings. The summed E-state index contributed by atoms with van der Waals surface area (Å²) in [7, 11) is 0. The number of nitrogens with zero attached hydrogens (tertiary/aromatic N) is 2. The topological polar surface area (TPSA) is 110 Å².